The molecule has 2 aromatic carbocycles. The number of benzene rings is 2. The fraction of sp³-hybridized carbons (Fsp3) is 0.0588. The number of fused-ring (bicyclic) bond motifs is 2. The van der Waals surface area contributed by atoms with Crippen molar-refractivity contribution in [3.05, 3.63) is 53.7 Å². The Bertz CT molecular complexity index is 1020. The second-order valence-corrected chi connectivity index (χ2v) is 5.86. The number of methoxy groups -OCH3 is 1. The molecule has 23 heavy (non-hydrogen) atoms. The molecule has 0 aliphatic carbocycles. The molecular weight excluding hydrogens is 312 g/mol. The van der Waals surface area contributed by atoms with Crippen LogP contribution in [0.3, 0.4) is 0 Å². The number of carbonyl (C=O) groups is 1. The first kappa shape index (κ1) is 13.8. The summed E-state index contributed by atoms with van der Waals surface area (Å²) in [5.41, 5.74) is 3.89. The van der Waals surface area contributed by atoms with E-state index in [-0.39, 0.29) is 11.7 Å². The molecule has 0 bridgehead atoms. The van der Waals surface area contributed by atoms with Gasteiger partial charge in [-0.1, -0.05) is 12.1 Å². The van der Waals surface area contributed by atoms with Crippen LogP contribution in [-0.2, 0) is 0 Å². The lowest BCUT2D eigenvalue weighted by molar-refractivity contribution is 0.0998. The highest BCUT2D eigenvalue weighted by atomic mass is 32.1. The molecule has 4 rings (SSSR count). The van der Waals surface area contributed by atoms with Gasteiger partial charge in [0.15, 0.2) is 17.1 Å². The Kier molecular flexibility index (Phi) is 3.24. The van der Waals surface area contributed by atoms with Gasteiger partial charge in [0.2, 0.25) is 0 Å². The summed E-state index contributed by atoms with van der Waals surface area (Å²) >= 11 is 1.56. The van der Waals surface area contributed by atoms with E-state index in [0.717, 1.165) is 15.6 Å². The van der Waals surface area contributed by atoms with Crippen LogP contribution < -0.4 is 10.1 Å². The molecule has 4 aromatic rings. The largest absolute Gasteiger partial charge is 0.493 e. The molecule has 0 atom stereocenters. The number of carbonyl (C=O) groups excluding carboxylic acids is 1. The number of aromatic nitrogens is 1. The standard InChI is InChI=1S/C17H12N2O3S/c1-21-13-4-2-3-10-7-14(22-16(10)13)17(20)19-11-5-6-15-12(8-11)18-9-23-15/h2-9H,1H3,(H,19,20). The molecule has 0 fully saturated rings. The van der Waals surface area contributed by atoms with E-state index >= 15 is 0 Å². The summed E-state index contributed by atoms with van der Waals surface area (Å²) in [4.78, 5) is 16.6. The van der Waals surface area contributed by atoms with E-state index in [1.54, 1.807) is 36.1 Å². The normalized spacial score (nSPS) is 11.0. The summed E-state index contributed by atoms with van der Waals surface area (Å²) < 4.78 is 12.0. The summed E-state index contributed by atoms with van der Waals surface area (Å²) in [6.07, 6.45) is 0. The Balaban J connectivity index is 1.65. The zero-order valence-corrected chi connectivity index (χ0v) is 13.0. The zero-order chi connectivity index (χ0) is 15.8. The minimum absolute atomic E-state index is 0.239. The van der Waals surface area contributed by atoms with Gasteiger partial charge in [-0.3, -0.25) is 4.79 Å². The second-order valence-electron chi connectivity index (χ2n) is 4.98. The highest BCUT2D eigenvalue weighted by Gasteiger charge is 2.15. The summed E-state index contributed by atoms with van der Waals surface area (Å²) in [5.74, 6) is 0.533. The average Bonchev–Trinajstić information content (AvgIpc) is 3.20. The van der Waals surface area contributed by atoms with Gasteiger partial charge in [-0.25, -0.2) is 4.98 Å². The number of nitrogens with zero attached hydrogens (tertiary/aromatic N) is 1. The van der Waals surface area contributed by atoms with Gasteiger partial charge in [-0.2, -0.15) is 0 Å². The predicted molar refractivity (Wildman–Crippen MR) is 90.3 cm³/mol. The van der Waals surface area contributed by atoms with Crippen LogP contribution in [0.4, 0.5) is 5.69 Å². The highest BCUT2D eigenvalue weighted by molar-refractivity contribution is 7.16. The van der Waals surface area contributed by atoms with Crippen molar-refractivity contribution in [1.82, 2.24) is 4.98 Å². The van der Waals surface area contributed by atoms with Crippen molar-refractivity contribution >= 4 is 44.1 Å². The first-order valence-electron chi connectivity index (χ1n) is 6.96. The first-order chi connectivity index (χ1) is 11.2. The fourth-order valence-electron chi connectivity index (χ4n) is 2.44. The van der Waals surface area contributed by atoms with Crippen LogP contribution in [0.1, 0.15) is 10.6 Å². The van der Waals surface area contributed by atoms with E-state index in [2.05, 4.69) is 10.3 Å². The molecule has 0 spiro atoms. The summed E-state index contributed by atoms with van der Waals surface area (Å²) in [7, 11) is 1.57. The van der Waals surface area contributed by atoms with E-state index < -0.39 is 0 Å². The number of hydrogen-bond acceptors (Lipinski definition) is 5. The lowest BCUT2D eigenvalue weighted by Gasteiger charge is -2.02. The van der Waals surface area contributed by atoms with Gasteiger partial charge in [-0.15, -0.1) is 11.3 Å². The molecule has 5 nitrogen and oxygen atoms in total. The van der Waals surface area contributed by atoms with Gasteiger partial charge in [-0.05, 0) is 30.3 Å². The van der Waals surface area contributed by atoms with Crippen LogP contribution >= 0.6 is 11.3 Å². The molecule has 0 aliphatic rings. The monoisotopic (exact) mass is 324 g/mol. The highest BCUT2D eigenvalue weighted by Crippen LogP contribution is 2.29. The molecule has 0 radical (unpaired) electrons. The van der Waals surface area contributed by atoms with Gasteiger partial charge in [0.25, 0.3) is 5.91 Å². The van der Waals surface area contributed by atoms with Gasteiger partial charge < -0.3 is 14.5 Å². The predicted octanol–water partition coefficient (Wildman–Crippen LogP) is 4.30. The van der Waals surface area contributed by atoms with Crippen LogP contribution in [0.2, 0.25) is 0 Å². The van der Waals surface area contributed by atoms with E-state index in [1.807, 2.05) is 30.3 Å². The smallest absolute Gasteiger partial charge is 0.291 e. The number of rotatable bonds is 3. The maximum atomic E-state index is 12.4. The molecule has 1 N–H and O–H groups in total. The average molecular weight is 324 g/mol. The fourth-order valence-corrected chi connectivity index (χ4v) is 3.10. The molecule has 0 unspecified atom stereocenters. The summed E-state index contributed by atoms with van der Waals surface area (Å²) in [5, 5.41) is 3.65. The number of nitrogens with one attached hydrogen (secondary N) is 1. The number of amides is 1. The number of ether oxygens (including phenoxy) is 1. The third kappa shape index (κ3) is 2.43. The van der Waals surface area contributed by atoms with Crippen LogP contribution in [-0.4, -0.2) is 18.0 Å². The maximum absolute atomic E-state index is 12.4. The lowest BCUT2D eigenvalue weighted by Crippen LogP contribution is -2.10. The van der Waals surface area contributed by atoms with Crippen LogP contribution in [0.15, 0.2) is 52.4 Å². The zero-order valence-electron chi connectivity index (χ0n) is 12.2. The van der Waals surface area contributed by atoms with E-state index in [4.69, 9.17) is 9.15 Å². The molecular formula is C17H12N2O3S. The van der Waals surface area contributed by atoms with Crippen molar-refractivity contribution in [2.24, 2.45) is 0 Å². The lowest BCUT2D eigenvalue weighted by atomic mass is 10.2. The molecule has 1 amide bonds. The van der Waals surface area contributed by atoms with Gasteiger partial charge in [0.1, 0.15) is 0 Å². The van der Waals surface area contributed by atoms with E-state index in [9.17, 15) is 4.79 Å². The number of anilines is 1. The molecule has 0 saturated carbocycles. The first-order valence-corrected chi connectivity index (χ1v) is 7.84. The Hall–Kier alpha value is -2.86. The molecule has 2 aromatic heterocycles. The molecule has 0 saturated heterocycles. The maximum Gasteiger partial charge on any atom is 0.291 e. The van der Waals surface area contributed by atoms with Crippen LogP contribution in [0.5, 0.6) is 5.75 Å². The number of para-hydroxylation sites is 1. The number of furan rings is 1. The third-order valence-corrected chi connectivity index (χ3v) is 4.35. The van der Waals surface area contributed by atoms with Crippen molar-refractivity contribution in [3.8, 4) is 5.75 Å². The van der Waals surface area contributed by atoms with Gasteiger partial charge >= 0.3 is 0 Å². The van der Waals surface area contributed by atoms with Crippen molar-refractivity contribution in [3.63, 3.8) is 0 Å². The van der Waals surface area contributed by atoms with Crippen molar-refractivity contribution in [1.29, 1.82) is 0 Å². The van der Waals surface area contributed by atoms with E-state index in [0.29, 0.717) is 17.0 Å². The van der Waals surface area contributed by atoms with Gasteiger partial charge in [0.05, 0.1) is 22.8 Å². The van der Waals surface area contributed by atoms with E-state index in [1.165, 1.54) is 0 Å². The Morgan fingerprint density at radius 2 is 2.17 bits per heavy atom. The second kappa shape index (κ2) is 5.40. The van der Waals surface area contributed by atoms with Crippen LogP contribution in [0, 0.1) is 0 Å². The minimum Gasteiger partial charge on any atom is -0.493 e. The topological polar surface area (TPSA) is 64.4 Å². The number of thiazole rings is 1. The minimum atomic E-state index is -0.308. The SMILES string of the molecule is COc1cccc2cc(C(=O)Nc3ccc4scnc4c3)oc12. The Morgan fingerprint density at radius 3 is 3.04 bits per heavy atom. The Labute approximate surface area is 135 Å². The molecule has 0 aliphatic heterocycles. The van der Waals surface area contributed by atoms with Crippen LogP contribution in [0.25, 0.3) is 21.2 Å². The molecule has 114 valence electrons. The molecule has 6 heteroatoms. The molecule has 2 heterocycles. The van der Waals surface area contributed by atoms with Crippen molar-refractivity contribution < 1.29 is 13.9 Å². The number of hydrogen-bond donors (Lipinski definition) is 1. The summed E-state index contributed by atoms with van der Waals surface area (Å²) in [6, 6.07) is 12.9. The summed E-state index contributed by atoms with van der Waals surface area (Å²) in [6.45, 7) is 0. The third-order valence-electron chi connectivity index (χ3n) is 3.54. The Morgan fingerprint density at radius 1 is 1.26 bits per heavy atom. The van der Waals surface area contributed by atoms with Crippen molar-refractivity contribution in [2.45, 2.75) is 0 Å². The van der Waals surface area contributed by atoms with Crippen molar-refractivity contribution in [2.75, 3.05) is 12.4 Å². The van der Waals surface area contributed by atoms with Gasteiger partial charge in [0, 0.05) is 11.1 Å². The quantitative estimate of drug-likeness (QED) is 0.610.